The molecule has 3 N–H and O–H groups in total. The molecule has 0 aliphatic carbocycles. The Bertz CT molecular complexity index is 587. The van der Waals surface area contributed by atoms with Crippen molar-refractivity contribution in [2.45, 2.75) is 0 Å². The summed E-state index contributed by atoms with van der Waals surface area (Å²) in [4.78, 5) is 0. The molecule has 0 radical (unpaired) electrons. The van der Waals surface area contributed by atoms with E-state index in [1.165, 1.54) is 0 Å². The number of nitrogens with zero attached hydrogens (tertiary/aromatic N) is 1. The zero-order chi connectivity index (χ0) is 12.3. The Morgan fingerprint density at radius 2 is 1.88 bits per heavy atom. The summed E-state index contributed by atoms with van der Waals surface area (Å²) in [5.74, 6) is 0. The maximum atomic E-state index is 8.77. The van der Waals surface area contributed by atoms with E-state index < -0.39 is 0 Å². The van der Waals surface area contributed by atoms with Crippen LogP contribution in [0.2, 0.25) is 5.02 Å². The lowest BCUT2D eigenvalue weighted by Gasteiger charge is -2.08. The number of rotatable bonds is 2. The van der Waals surface area contributed by atoms with Crippen LogP contribution in [0.25, 0.3) is 0 Å². The molecule has 0 aromatic heterocycles. The highest BCUT2D eigenvalue weighted by atomic mass is 35.5. The van der Waals surface area contributed by atoms with Gasteiger partial charge in [0.05, 0.1) is 11.3 Å². The molecule has 17 heavy (non-hydrogen) atoms. The maximum Gasteiger partial charge on any atom is 0.101 e. The highest BCUT2D eigenvalue weighted by molar-refractivity contribution is 6.30. The van der Waals surface area contributed by atoms with Gasteiger partial charge in [-0.15, -0.1) is 0 Å². The molecule has 4 heteroatoms. The van der Waals surface area contributed by atoms with Crippen molar-refractivity contribution in [3.63, 3.8) is 0 Å². The van der Waals surface area contributed by atoms with E-state index in [2.05, 4.69) is 5.32 Å². The molecule has 0 heterocycles. The van der Waals surface area contributed by atoms with Gasteiger partial charge in [0.1, 0.15) is 6.07 Å². The van der Waals surface area contributed by atoms with Crippen LogP contribution in [-0.2, 0) is 0 Å². The number of nitriles is 1. The van der Waals surface area contributed by atoms with Gasteiger partial charge in [-0.05, 0) is 36.4 Å². The number of anilines is 3. The largest absolute Gasteiger partial charge is 0.398 e. The van der Waals surface area contributed by atoms with Crippen molar-refractivity contribution in [1.29, 1.82) is 5.26 Å². The summed E-state index contributed by atoms with van der Waals surface area (Å²) in [5, 5.41) is 12.6. The third-order valence-electron chi connectivity index (χ3n) is 2.29. The van der Waals surface area contributed by atoms with Crippen LogP contribution in [0, 0.1) is 11.3 Å². The summed E-state index contributed by atoms with van der Waals surface area (Å²) in [7, 11) is 0. The van der Waals surface area contributed by atoms with Crippen LogP contribution in [-0.4, -0.2) is 0 Å². The van der Waals surface area contributed by atoms with Crippen molar-refractivity contribution in [3.8, 4) is 6.07 Å². The van der Waals surface area contributed by atoms with E-state index >= 15 is 0 Å². The van der Waals surface area contributed by atoms with Crippen LogP contribution in [0.3, 0.4) is 0 Å². The quantitative estimate of drug-likeness (QED) is 0.793. The molecule has 3 nitrogen and oxygen atoms in total. The lowest BCUT2D eigenvalue weighted by molar-refractivity contribution is 1.47. The highest BCUT2D eigenvalue weighted by Gasteiger charge is 2.00. The first-order valence-corrected chi connectivity index (χ1v) is 5.39. The summed E-state index contributed by atoms with van der Waals surface area (Å²) in [6.45, 7) is 0. The van der Waals surface area contributed by atoms with Gasteiger partial charge in [0.2, 0.25) is 0 Å². The first kappa shape index (κ1) is 11.3. The molecule has 0 aliphatic heterocycles. The van der Waals surface area contributed by atoms with Crippen molar-refractivity contribution >= 4 is 28.7 Å². The minimum atomic E-state index is 0.458. The Kier molecular flexibility index (Phi) is 3.17. The van der Waals surface area contributed by atoms with Crippen molar-refractivity contribution in [2.75, 3.05) is 11.1 Å². The number of nitrogens with two attached hydrogens (primary N) is 1. The molecule has 2 rings (SSSR count). The van der Waals surface area contributed by atoms with Crippen LogP contribution in [0.1, 0.15) is 5.56 Å². The smallest absolute Gasteiger partial charge is 0.101 e. The molecule has 0 atom stereocenters. The molecule has 2 aromatic rings. The van der Waals surface area contributed by atoms with Crippen molar-refractivity contribution < 1.29 is 0 Å². The number of halogens is 1. The van der Waals surface area contributed by atoms with Gasteiger partial charge < -0.3 is 11.1 Å². The molecule has 0 saturated carbocycles. The van der Waals surface area contributed by atoms with E-state index in [9.17, 15) is 0 Å². The van der Waals surface area contributed by atoms with Crippen molar-refractivity contribution in [3.05, 3.63) is 53.1 Å². The van der Waals surface area contributed by atoms with Gasteiger partial charge in [0.25, 0.3) is 0 Å². The second kappa shape index (κ2) is 4.77. The Morgan fingerprint density at radius 1 is 1.12 bits per heavy atom. The predicted octanol–water partition coefficient (Wildman–Crippen LogP) is 3.54. The number of benzene rings is 2. The molecule has 0 fully saturated rings. The van der Waals surface area contributed by atoms with Crippen molar-refractivity contribution in [2.24, 2.45) is 0 Å². The van der Waals surface area contributed by atoms with Gasteiger partial charge in [-0.2, -0.15) is 5.26 Å². The molecule has 0 aliphatic rings. The summed E-state index contributed by atoms with van der Waals surface area (Å²) in [6, 6.07) is 14.6. The average molecular weight is 244 g/mol. The van der Waals surface area contributed by atoms with Gasteiger partial charge in [-0.1, -0.05) is 17.7 Å². The van der Waals surface area contributed by atoms with Gasteiger partial charge in [-0.25, -0.2) is 0 Å². The number of nitrogen functional groups attached to an aromatic ring is 1. The molecular formula is C13H10ClN3. The lowest BCUT2D eigenvalue weighted by Crippen LogP contribution is -1.94. The van der Waals surface area contributed by atoms with E-state index in [-0.39, 0.29) is 0 Å². The third kappa shape index (κ3) is 2.68. The molecular weight excluding hydrogens is 234 g/mol. The topological polar surface area (TPSA) is 61.8 Å². The van der Waals surface area contributed by atoms with E-state index in [0.29, 0.717) is 16.3 Å². The van der Waals surface area contributed by atoms with E-state index in [1.807, 2.05) is 24.3 Å². The number of nitrogens with one attached hydrogen (secondary N) is 1. The molecule has 84 valence electrons. The fraction of sp³-hybridized carbons (Fsp3) is 0. The SMILES string of the molecule is N#Cc1ccc(Nc2cccc(Cl)c2)cc1N. The van der Waals surface area contributed by atoms with Gasteiger partial charge >= 0.3 is 0 Å². The second-order valence-corrected chi connectivity index (χ2v) is 3.99. The van der Waals surface area contributed by atoms with Crippen LogP contribution >= 0.6 is 11.6 Å². The fourth-order valence-electron chi connectivity index (χ4n) is 1.48. The Hall–Kier alpha value is -2.18. The van der Waals surface area contributed by atoms with Gasteiger partial charge in [-0.3, -0.25) is 0 Å². The monoisotopic (exact) mass is 243 g/mol. The summed E-state index contributed by atoms with van der Waals surface area (Å²) < 4.78 is 0. The zero-order valence-corrected chi connectivity index (χ0v) is 9.70. The molecule has 0 bridgehead atoms. The van der Waals surface area contributed by atoms with E-state index in [1.54, 1.807) is 24.3 Å². The highest BCUT2D eigenvalue weighted by Crippen LogP contribution is 2.23. The maximum absolute atomic E-state index is 8.77. The molecule has 0 unspecified atom stereocenters. The summed E-state index contributed by atoms with van der Waals surface area (Å²) in [5.41, 5.74) is 8.36. The Balaban J connectivity index is 2.25. The first-order valence-electron chi connectivity index (χ1n) is 5.01. The van der Waals surface area contributed by atoms with E-state index in [4.69, 9.17) is 22.6 Å². The Morgan fingerprint density at radius 3 is 2.53 bits per heavy atom. The minimum absolute atomic E-state index is 0.458. The minimum Gasteiger partial charge on any atom is -0.398 e. The zero-order valence-electron chi connectivity index (χ0n) is 8.94. The second-order valence-electron chi connectivity index (χ2n) is 3.55. The van der Waals surface area contributed by atoms with Crippen LogP contribution < -0.4 is 11.1 Å². The van der Waals surface area contributed by atoms with E-state index in [0.717, 1.165) is 11.4 Å². The Labute approximate surface area is 104 Å². The normalized spacial score (nSPS) is 9.65. The van der Waals surface area contributed by atoms with Crippen LogP contribution in [0.4, 0.5) is 17.1 Å². The predicted molar refractivity (Wildman–Crippen MR) is 70.3 cm³/mol. The first-order chi connectivity index (χ1) is 8.19. The number of hydrogen-bond donors (Lipinski definition) is 2. The van der Waals surface area contributed by atoms with Gasteiger partial charge in [0, 0.05) is 16.4 Å². The molecule has 0 saturated heterocycles. The summed E-state index contributed by atoms with van der Waals surface area (Å²) >= 11 is 5.88. The standard InChI is InChI=1S/C13H10ClN3/c14-10-2-1-3-11(6-10)17-12-5-4-9(8-15)13(16)7-12/h1-7,17H,16H2. The third-order valence-corrected chi connectivity index (χ3v) is 2.52. The van der Waals surface area contributed by atoms with Crippen LogP contribution in [0.5, 0.6) is 0 Å². The lowest BCUT2D eigenvalue weighted by atomic mass is 10.2. The molecule has 0 spiro atoms. The fourth-order valence-corrected chi connectivity index (χ4v) is 1.67. The van der Waals surface area contributed by atoms with Crippen LogP contribution in [0.15, 0.2) is 42.5 Å². The molecule has 2 aromatic carbocycles. The molecule has 0 amide bonds. The summed E-state index contributed by atoms with van der Waals surface area (Å²) in [6.07, 6.45) is 0. The average Bonchev–Trinajstić information content (AvgIpc) is 2.29. The number of hydrogen-bond acceptors (Lipinski definition) is 3. The van der Waals surface area contributed by atoms with Crippen molar-refractivity contribution in [1.82, 2.24) is 0 Å². The van der Waals surface area contributed by atoms with Gasteiger partial charge in [0.15, 0.2) is 0 Å².